The summed E-state index contributed by atoms with van der Waals surface area (Å²) >= 11 is 4.12. The van der Waals surface area contributed by atoms with E-state index in [1.54, 1.807) is 37.3 Å². The van der Waals surface area contributed by atoms with Crippen LogP contribution in [0.5, 0.6) is 0 Å². The molecule has 1 aliphatic rings. The summed E-state index contributed by atoms with van der Waals surface area (Å²) in [6.45, 7) is 1.30. The zero-order valence-electron chi connectivity index (χ0n) is 17.3. The average molecular weight is 463 g/mol. The number of carboxylic acid groups (broad SMARTS) is 1. The van der Waals surface area contributed by atoms with Crippen LogP contribution >= 0.6 is 12.6 Å². The van der Waals surface area contributed by atoms with Gasteiger partial charge in [0.1, 0.15) is 6.54 Å². The summed E-state index contributed by atoms with van der Waals surface area (Å²) in [4.78, 5) is 50.3. The van der Waals surface area contributed by atoms with E-state index in [4.69, 9.17) is 4.74 Å². The Kier molecular flexibility index (Phi) is 5.93. The van der Waals surface area contributed by atoms with Gasteiger partial charge in [0.2, 0.25) is 0 Å². The fourth-order valence-electron chi connectivity index (χ4n) is 3.57. The lowest BCUT2D eigenvalue weighted by Gasteiger charge is -2.26. The van der Waals surface area contributed by atoms with Gasteiger partial charge < -0.3 is 9.84 Å². The van der Waals surface area contributed by atoms with Gasteiger partial charge in [-0.05, 0) is 43.3 Å². The van der Waals surface area contributed by atoms with Crippen LogP contribution < -0.4 is 0 Å². The molecule has 4 rings (SSSR count). The van der Waals surface area contributed by atoms with Gasteiger partial charge in [-0.25, -0.2) is 4.79 Å². The molecule has 0 aliphatic carbocycles. The quantitative estimate of drug-likeness (QED) is 0.242. The summed E-state index contributed by atoms with van der Waals surface area (Å²) in [5, 5.41) is 18.5. The Morgan fingerprint density at radius 1 is 1.03 bits per heavy atom. The van der Waals surface area contributed by atoms with Crippen molar-refractivity contribution in [1.29, 1.82) is 0 Å². The van der Waals surface area contributed by atoms with Crippen molar-refractivity contribution in [2.75, 3.05) is 13.2 Å². The number of ether oxygens (including phenoxy) is 1. The fraction of sp³-hybridized carbons (Fsp3) is 0.130. The van der Waals surface area contributed by atoms with Crippen LogP contribution in [0.15, 0.2) is 63.7 Å². The van der Waals surface area contributed by atoms with Crippen LogP contribution in [0.2, 0.25) is 0 Å². The Bertz CT molecular complexity index is 1350. The summed E-state index contributed by atoms with van der Waals surface area (Å²) in [5.74, 6) is -3.01. The van der Waals surface area contributed by atoms with Gasteiger partial charge in [0.25, 0.3) is 11.8 Å². The monoisotopic (exact) mass is 463 g/mol. The molecule has 0 unspecified atom stereocenters. The van der Waals surface area contributed by atoms with Gasteiger partial charge in [0.15, 0.2) is 0 Å². The van der Waals surface area contributed by atoms with Crippen LogP contribution in [0.1, 0.15) is 38.0 Å². The first-order chi connectivity index (χ1) is 15.8. The lowest BCUT2D eigenvalue weighted by Crippen LogP contribution is -2.43. The van der Waals surface area contributed by atoms with E-state index in [0.29, 0.717) is 27.0 Å². The Morgan fingerprint density at radius 2 is 1.76 bits per heavy atom. The molecule has 1 N–H and O–H groups in total. The number of aromatic carboxylic acids is 1. The van der Waals surface area contributed by atoms with Crippen molar-refractivity contribution >= 4 is 58.5 Å². The van der Waals surface area contributed by atoms with E-state index in [0.717, 1.165) is 4.90 Å². The van der Waals surface area contributed by atoms with Gasteiger partial charge in [0, 0.05) is 26.8 Å². The molecule has 0 spiro atoms. The molecule has 10 heteroatoms. The van der Waals surface area contributed by atoms with Crippen molar-refractivity contribution in [2.45, 2.75) is 11.8 Å². The summed E-state index contributed by atoms with van der Waals surface area (Å²) in [6, 6.07) is 12.5. The highest BCUT2D eigenvalue weighted by Gasteiger charge is 2.34. The van der Waals surface area contributed by atoms with Crippen molar-refractivity contribution in [3.05, 3.63) is 65.2 Å². The van der Waals surface area contributed by atoms with E-state index >= 15 is 0 Å². The van der Waals surface area contributed by atoms with Gasteiger partial charge in [0.05, 0.1) is 23.5 Å². The number of hydrogen-bond donors (Lipinski definition) is 2. The van der Waals surface area contributed by atoms with Crippen molar-refractivity contribution in [2.24, 2.45) is 10.2 Å². The second-order valence-corrected chi connectivity index (χ2v) is 7.55. The van der Waals surface area contributed by atoms with E-state index in [2.05, 4.69) is 22.9 Å². The third-order valence-corrected chi connectivity index (χ3v) is 5.44. The summed E-state index contributed by atoms with van der Waals surface area (Å²) in [5.41, 5.74) is 1.21. The first-order valence-corrected chi connectivity index (χ1v) is 10.3. The molecule has 9 nitrogen and oxygen atoms in total. The summed E-state index contributed by atoms with van der Waals surface area (Å²) in [6.07, 6.45) is 0. The minimum absolute atomic E-state index is 0.00966. The Hall–Kier alpha value is -4.05. The second-order valence-electron chi connectivity index (χ2n) is 7.07. The van der Waals surface area contributed by atoms with Crippen LogP contribution in [-0.4, -0.2) is 46.9 Å². The number of azo groups is 1. The maximum Gasteiger partial charge on any atom is 0.336 e. The highest BCUT2D eigenvalue weighted by molar-refractivity contribution is 7.80. The first-order valence-electron chi connectivity index (χ1n) is 9.87. The number of amides is 2. The normalized spacial score (nSPS) is 13.1. The largest absolute Gasteiger partial charge is 0.478 e. The highest BCUT2D eigenvalue weighted by atomic mass is 32.1. The molecule has 1 heterocycles. The number of hydrogen-bond acceptors (Lipinski definition) is 8. The molecule has 0 bridgehead atoms. The number of imide groups is 1. The molecule has 3 aromatic carbocycles. The standard InChI is InChI=1S/C23H17N3O6S/c1-2-32-19(27)11-26-21(28)14-5-3-4-13-17(8-7-15(20(13)14)22(26)29)25-24-12-6-9-18(33)16(10-12)23(30)31/h3-10,33H,2,11H2,1H3,(H,30,31). The zero-order valence-corrected chi connectivity index (χ0v) is 18.2. The van der Waals surface area contributed by atoms with Crippen molar-refractivity contribution in [3.63, 3.8) is 0 Å². The van der Waals surface area contributed by atoms with Crippen LogP contribution in [0.4, 0.5) is 11.4 Å². The number of carbonyl (C=O) groups excluding carboxylic acids is 3. The summed E-state index contributed by atoms with van der Waals surface area (Å²) < 4.78 is 4.87. The number of thiol groups is 1. The third-order valence-electron chi connectivity index (χ3n) is 5.05. The van der Waals surface area contributed by atoms with Crippen molar-refractivity contribution < 1.29 is 29.0 Å². The Labute approximate surface area is 193 Å². The maximum absolute atomic E-state index is 13.0. The minimum Gasteiger partial charge on any atom is -0.478 e. The van der Waals surface area contributed by atoms with Crippen LogP contribution in [-0.2, 0) is 9.53 Å². The zero-order chi connectivity index (χ0) is 23.7. The predicted octanol–water partition coefficient (Wildman–Crippen LogP) is 4.40. The van der Waals surface area contributed by atoms with E-state index in [-0.39, 0.29) is 23.3 Å². The smallest absolute Gasteiger partial charge is 0.336 e. The fourth-order valence-corrected chi connectivity index (χ4v) is 3.80. The Balaban J connectivity index is 1.75. The molecule has 1 aliphatic heterocycles. The van der Waals surface area contributed by atoms with E-state index in [1.807, 2.05) is 0 Å². The number of carbonyl (C=O) groups is 4. The van der Waals surface area contributed by atoms with Crippen LogP contribution in [0.25, 0.3) is 10.8 Å². The molecule has 166 valence electrons. The minimum atomic E-state index is -1.14. The van der Waals surface area contributed by atoms with Crippen molar-refractivity contribution in [3.8, 4) is 0 Å². The molecule has 0 atom stereocenters. The van der Waals surface area contributed by atoms with Gasteiger partial charge in [-0.1, -0.05) is 12.1 Å². The highest BCUT2D eigenvalue weighted by Crippen LogP contribution is 2.36. The molecule has 3 aromatic rings. The molecule has 0 fully saturated rings. The second kappa shape index (κ2) is 8.83. The van der Waals surface area contributed by atoms with E-state index < -0.39 is 30.3 Å². The third kappa shape index (κ3) is 4.08. The first kappa shape index (κ1) is 22.2. The van der Waals surface area contributed by atoms with Crippen LogP contribution in [0.3, 0.4) is 0 Å². The average Bonchev–Trinajstić information content (AvgIpc) is 2.79. The molecule has 33 heavy (non-hydrogen) atoms. The van der Waals surface area contributed by atoms with Crippen molar-refractivity contribution in [1.82, 2.24) is 4.90 Å². The predicted molar refractivity (Wildman–Crippen MR) is 121 cm³/mol. The molecule has 0 aromatic heterocycles. The SMILES string of the molecule is CCOC(=O)CN1C(=O)c2cccc3c(N=Nc4ccc(S)c(C(=O)O)c4)ccc(c23)C1=O. The maximum atomic E-state index is 13.0. The van der Waals surface area contributed by atoms with Gasteiger partial charge in [-0.3, -0.25) is 19.3 Å². The van der Waals surface area contributed by atoms with E-state index in [1.165, 1.54) is 18.2 Å². The van der Waals surface area contributed by atoms with Crippen LogP contribution in [0, 0.1) is 0 Å². The molecule has 2 amide bonds. The van der Waals surface area contributed by atoms with Gasteiger partial charge in [-0.15, -0.1) is 17.7 Å². The number of esters is 1. The van der Waals surface area contributed by atoms with E-state index in [9.17, 15) is 24.3 Å². The summed E-state index contributed by atoms with van der Waals surface area (Å²) in [7, 11) is 0. The number of rotatable bonds is 6. The lowest BCUT2D eigenvalue weighted by molar-refractivity contribution is -0.143. The number of nitrogens with zero attached hydrogens (tertiary/aromatic N) is 3. The number of carboxylic acids is 1. The number of benzene rings is 3. The molecular formula is C23H17N3O6S. The topological polar surface area (TPSA) is 126 Å². The molecular weight excluding hydrogens is 446 g/mol. The van der Waals surface area contributed by atoms with Gasteiger partial charge in [-0.2, -0.15) is 5.11 Å². The molecule has 0 radical (unpaired) electrons. The lowest BCUT2D eigenvalue weighted by atomic mass is 9.93. The Morgan fingerprint density at radius 3 is 2.45 bits per heavy atom. The molecule has 0 saturated carbocycles. The molecule has 0 saturated heterocycles. The van der Waals surface area contributed by atoms with Gasteiger partial charge >= 0.3 is 11.9 Å².